The normalized spacial score (nSPS) is 11.2. The first-order valence-electron chi connectivity index (χ1n) is 4.88. The maximum atomic E-state index is 12.1. The molecule has 0 aliphatic rings. The van der Waals surface area contributed by atoms with Crippen LogP contribution in [0.3, 0.4) is 0 Å². The first-order valence-corrected chi connectivity index (χ1v) is 6.75. The van der Waals surface area contributed by atoms with Crippen molar-refractivity contribution >= 4 is 27.6 Å². The summed E-state index contributed by atoms with van der Waals surface area (Å²) in [5, 5.41) is 0.392. The zero-order valence-corrected chi connectivity index (χ0v) is 10.9. The number of aromatic amines is 1. The van der Waals surface area contributed by atoms with Gasteiger partial charge in [0.1, 0.15) is 10.6 Å². The molecule has 0 saturated carbocycles. The highest BCUT2D eigenvalue weighted by atomic mass is 35.5. The average Bonchev–Trinajstić information content (AvgIpc) is 2.80. The van der Waals surface area contributed by atoms with Crippen molar-refractivity contribution in [3.8, 4) is 5.75 Å². The predicted octanol–water partition coefficient (Wildman–Crippen LogP) is 1.87. The van der Waals surface area contributed by atoms with E-state index in [4.69, 9.17) is 16.3 Å². The maximum absolute atomic E-state index is 12.1. The fourth-order valence-electron chi connectivity index (χ4n) is 1.37. The molecule has 1 aromatic carbocycles. The first kappa shape index (κ1) is 12.7. The van der Waals surface area contributed by atoms with Gasteiger partial charge in [-0.25, -0.2) is 18.1 Å². The molecule has 0 aliphatic carbocycles. The summed E-state index contributed by atoms with van der Waals surface area (Å²) in [4.78, 5) is 6.42. The van der Waals surface area contributed by atoms with Gasteiger partial charge >= 0.3 is 0 Å². The molecule has 0 amide bonds. The molecule has 0 fully saturated rings. The minimum atomic E-state index is -3.77. The highest BCUT2D eigenvalue weighted by Gasteiger charge is 2.20. The topological polar surface area (TPSA) is 84.1 Å². The van der Waals surface area contributed by atoms with Crippen LogP contribution < -0.4 is 9.46 Å². The SMILES string of the molecule is COc1cc(Cl)ccc1S(=O)(=O)Nc1ncc[nH]1. The van der Waals surface area contributed by atoms with Crippen LogP contribution in [0.25, 0.3) is 0 Å². The van der Waals surface area contributed by atoms with Crippen LogP contribution >= 0.6 is 11.6 Å². The number of imidazole rings is 1. The second-order valence-corrected chi connectivity index (χ2v) is 5.43. The lowest BCUT2D eigenvalue weighted by atomic mass is 10.3. The Morgan fingerprint density at radius 3 is 2.83 bits per heavy atom. The molecule has 6 nitrogen and oxygen atoms in total. The number of nitrogens with zero attached hydrogens (tertiary/aromatic N) is 1. The summed E-state index contributed by atoms with van der Waals surface area (Å²) < 4.78 is 31.5. The van der Waals surface area contributed by atoms with Crippen LogP contribution in [0.5, 0.6) is 5.75 Å². The lowest BCUT2D eigenvalue weighted by molar-refractivity contribution is 0.403. The van der Waals surface area contributed by atoms with Crippen molar-refractivity contribution in [1.82, 2.24) is 9.97 Å². The predicted molar refractivity (Wildman–Crippen MR) is 67.4 cm³/mol. The van der Waals surface area contributed by atoms with Gasteiger partial charge in [-0.2, -0.15) is 0 Å². The summed E-state index contributed by atoms with van der Waals surface area (Å²) in [5.41, 5.74) is 0. The summed E-state index contributed by atoms with van der Waals surface area (Å²) in [6.07, 6.45) is 2.95. The summed E-state index contributed by atoms with van der Waals surface area (Å²) >= 11 is 5.77. The van der Waals surface area contributed by atoms with Gasteiger partial charge in [0.2, 0.25) is 5.95 Å². The molecule has 1 aromatic heterocycles. The van der Waals surface area contributed by atoms with Gasteiger partial charge in [0, 0.05) is 23.5 Å². The molecule has 18 heavy (non-hydrogen) atoms. The van der Waals surface area contributed by atoms with Crippen LogP contribution in [0, 0.1) is 0 Å². The quantitative estimate of drug-likeness (QED) is 0.899. The number of H-pyrrole nitrogens is 1. The van der Waals surface area contributed by atoms with Gasteiger partial charge in [-0.1, -0.05) is 11.6 Å². The number of benzene rings is 1. The largest absolute Gasteiger partial charge is 0.495 e. The molecule has 8 heteroatoms. The number of nitrogens with one attached hydrogen (secondary N) is 2. The molecule has 0 unspecified atom stereocenters. The molecule has 2 aromatic rings. The van der Waals surface area contributed by atoms with Crippen molar-refractivity contribution in [3.05, 3.63) is 35.6 Å². The number of aromatic nitrogens is 2. The molecule has 2 rings (SSSR count). The van der Waals surface area contributed by atoms with E-state index < -0.39 is 10.0 Å². The first-order chi connectivity index (χ1) is 8.53. The third-order valence-corrected chi connectivity index (χ3v) is 3.76. The summed E-state index contributed by atoms with van der Waals surface area (Å²) in [6.45, 7) is 0. The lowest BCUT2D eigenvalue weighted by Crippen LogP contribution is -2.14. The fraction of sp³-hybridized carbons (Fsp3) is 0.100. The number of sulfonamides is 1. The van der Waals surface area contributed by atoms with Gasteiger partial charge in [0.05, 0.1) is 7.11 Å². The average molecular weight is 288 g/mol. The maximum Gasteiger partial charge on any atom is 0.267 e. The van der Waals surface area contributed by atoms with E-state index in [1.807, 2.05) is 0 Å². The number of anilines is 1. The second kappa shape index (κ2) is 4.87. The standard InChI is InChI=1S/C10H10ClN3O3S/c1-17-8-6-7(11)2-3-9(8)18(15,16)14-10-12-4-5-13-10/h2-6H,1H3,(H2,12,13,14). The van der Waals surface area contributed by atoms with Gasteiger partial charge in [-0.3, -0.25) is 0 Å². The van der Waals surface area contributed by atoms with Gasteiger partial charge in [-0.05, 0) is 12.1 Å². The van der Waals surface area contributed by atoms with E-state index in [1.54, 1.807) is 0 Å². The molecule has 0 aliphatic heterocycles. The summed E-state index contributed by atoms with van der Waals surface area (Å²) in [5.74, 6) is 0.300. The van der Waals surface area contributed by atoms with E-state index in [0.29, 0.717) is 5.02 Å². The van der Waals surface area contributed by atoms with Crippen molar-refractivity contribution in [3.63, 3.8) is 0 Å². The Labute approximate surface area is 109 Å². The zero-order valence-electron chi connectivity index (χ0n) is 9.34. The molecule has 2 N–H and O–H groups in total. The molecule has 0 atom stereocenters. The Bertz CT molecular complexity index is 640. The summed E-state index contributed by atoms with van der Waals surface area (Å²) in [6, 6.07) is 4.27. The van der Waals surface area contributed by atoms with Crippen LogP contribution in [-0.4, -0.2) is 25.5 Å². The van der Waals surface area contributed by atoms with E-state index in [9.17, 15) is 8.42 Å². The van der Waals surface area contributed by atoms with Crippen molar-refractivity contribution in [2.45, 2.75) is 4.90 Å². The minimum Gasteiger partial charge on any atom is -0.495 e. The molecular weight excluding hydrogens is 278 g/mol. The van der Waals surface area contributed by atoms with Crippen molar-refractivity contribution < 1.29 is 13.2 Å². The Kier molecular flexibility index (Phi) is 3.44. The second-order valence-electron chi connectivity index (χ2n) is 3.34. The third-order valence-electron chi connectivity index (χ3n) is 2.14. The van der Waals surface area contributed by atoms with Crippen molar-refractivity contribution in [2.24, 2.45) is 0 Å². The fourth-order valence-corrected chi connectivity index (χ4v) is 2.66. The van der Waals surface area contributed by atoms with E-state index in [0.717, 1.165) is 0 Å². The van der Waals surface area contributed by atoms with E-state index >= 15 is 0 Å². The van der Waals surface area contributed by atoms with Gasteiger partial charge < -0.3 is 9.72 Å². The monoisotopic (exact) mass is 287 g/mol. The molecule has 0 radical (unpaired) electrons. The Balaban J connectivity index is 2.41. The molecule has 0 bridgehead atoms. The highest BCUT2D eigenvalue weighted by Crippen LogP contribution is 2.28. The Morgan fingerprint density at radius 2 is 2.22 bits per heavy atom. The number of ether oxygens (including phenoxy) is 1. The van der Waals surface area contributed by atoms with Crippen LogP contribution in [-0.2, 0) is 10.0 Å². The van der Waals surface area contributed by atoms with Crippen LogP contribution in [0.2, 0.25) is 5.02 Å². The van der Waals surface area contributed by atoms with Gasteiger partial charge in [-0.15, -0.1) is 0 Å². The lowest BCUT2D eigenvalue weighted by Gasteiger charge is -2.10. The molecule has 1 heterocycles. The van der Waals surface area contributed by atoms with E-state index in [2.05, 4.69) is 14.7 Å². The molecule has 0 saturated heterocycles. The number of hydrogen-bond donors (Lipinski definition) is 2. The van der Waals surface area contributed by atoms with E-state index in [-0.39, 0.29) is 16.6 Å². The summed E-state index contributed by atoms with van der Waals surface area (Å²) in [7, 11) is -2.40. The van der Waals surface area contributed by atoms with Crippen LogP contribution in [0.15, 0.2) is 35.5 Å². The van der Waals surface area contributed by atoms with Gasteiger partial charge in [0.15, 0.2) is 0 Å². The number of halogens is 1. The molecular formula is C10H10ClN3O3S. The van der Waals surface area contributed by atoms with E-state index in [1.165, 1.54) is 37.7 Å². The number of hydrogen-bond acceptors (Lipinski definition) is 4. The van der Waals surface area contributed by atoms with Crippen molar-refractivity contribution in [1.29, 1.82) is 0 Å². The Morgan fingerprint density at radius 1 is 1.44 bits per heavy atom. The minimum absolute atomic E-state index is 0.00852. The smallest absolute Gasteiger partial charge is 0.267 e. The Hall–Kier alpha value is -1.73. The van der Waals surface area contributed by atoms with Gasteiger partial charge in [0.25, 0.3) is 10.0 Å². The zero-order chi connectivity index (χ0) is 13.2. The highest BCUT2D eigenvalue weighted by molar-refractivity contribution is 7.92. The molecule has 96 valence electrons. The number of methoxy groups -OCH3 is 1. The van der Waals surface area contributed by atoms with Crippen LogP contribution in [0.1, 0.15) is 0 Å². The van der Waals surface area contributed by atoms with Crippen LogP contribution in [0.4, 0.5) is 5.95 Å². The molecule has 0 spiro atoms. The van der Waals surface area contributed by atoms with Crippen molar-refractivity contribution in [2.75, 3.05) is 11.8 Å². The number of rotatable bonds is 4. The third kappa shape index (κ3) is 2.57.